The number of piperazine rings is 1. The van der Waals surface area contributed by atoms with Crippen LogP contribution in [-0.4, -0.2) is 31.1 Å². The molecule has 1 N–H and O–H groups in total. The van der Waals surface area contributed by atoms with Gasteiger partial charge in [-0.2, -0.15) is 5.26 Å². The molecule has 1 aliphatic heterocycles. The second-order valence-corrected chi connectivity index (χ2v) is 3.94. The Balaban J connectivity index is 2.13. The van der Waals surface area contributed by atoms with Crippen molar-refractivity contribution in [2.75, 3.05) is 26.2 Å². The van der Waals surface area contributed by atoms with Gasteiger partial charge in [-0.1, -0.05) is 0 Å². The summed E-state index contributed by atoms with van der Waals surface area (Å²) in [7, 11) is 0. The van der Waals surface area contributed by atoms with Crippen LogP contribution in [0.3, 0.4) is 0 Å². The van der Waals surface area contributed by atoms with Crippen LogP contribution in [0.5, 0.6) is 0 Å². The van der Waals surface area contributed by atoms with E-state index in [1.807, 2.05) is 0 Å². The molecule has 16 heavy (non-hydrogen) atoms. The Labute approximate surface area is 94.5 Å². The monoisotopic (exact) mass is 219 g/mol. The van der Waals surface area contributed by atoms with E-state index in [0.717, 1.165) is 31.7 Å². The molecular formula is C12H14FN3. The number of hydrogen-bond acceptors (Lipinski definition) is 3. The second-order valence-electron chi connectivity index (χ2n) is 3.94. The van der Waals surface area contributed by atoms with Gasteiger partial charge in [-0.15, -0.1) is 0 Å². The fourth-order valence-electron chi connectivity index (χ4n) is 1.91. The van der Waals surface area contributed by atoms with Gasteiger partial charge in [-0.25, -0.2) is 4.39 Å². The third-order valence-corrected chi connectivity index (χ3v) is 2.79. The lowest BCUT2D eigenvalue weighted by Gasteiger charge is -2.27. The predicted molar refractivity (Wildman–Crippen MR) is 59.3 cm³/mol. The average Bonchev–Trinajstić information content (AvgIpc) is 2.31. The first-order valence-corrected chi connectivity index (χ1v) is 5.41. The van der Waals surface area contributed by atoms with Gasteiger partial charge >= 0.3 is 0 Å². The highest BCUT2D eigenvalue weighted by Crippen LogP contribution is 2.13. The fourth-order valence-corrected chi connectivity index (χ4v) is 1.91. The summed E-state index contributed by atoms with van der Waals surface area (Å²) in [6.07, 6.45) is 0. The molecule has 0 bridgehead atoms. The Morgan fingerprint density at radius 3 is 2.81 bits per heavy atom. The van der Waals surface area contributed by atoms with Gasteiger partial charge < -0.3 is 5.32 Å². The molecule has 1 aliphatic rings. The zero-order chi connectivity index (χ0) is 11.4. The highest BCUT2D eigenvalue weighted by Gasteiger charge is 2.12. The van der Waals surface area contributed by atoms with Crippen LogP contribution in [0.1, 0.15) is 11.1 Å². The molecule has 0 atom stereocenters. The standard InChI is InChI=1S/C12H14FN3/c13-12-2-1-10(8-14)11(7-12)9-16-5-3-15-4-6-16/h1-2,7,15H,3-6,9H2. The van der Waals surface area contributed by atoms with E-state index in [4.69, 9.17) is 5.26 Å². The summed E-state index contributed by atoms with van der Waals surface area (Å²) < 4.78 is 13.1. The fraction of sp³-hybridized carbons (Fsp3) is 0.417. The van der Waals surface area contributed by atoms with Crippen LogP contribution in [0, 0.1) is 17.1 Å². The van der Waals surface area contributed by atoms with Crippen molar-refractivity contribution in [1.82, 2.24) is 10.2 Å². The topological polar surface area (TPSA) is 39.1 Å². The maximum absolute atomic E-state index is 13.1. The van der Waals surface area contributed by atoms with Crippen LogP contribution >= 0.6 is 0 Å². The first kappa shape index (κ1) is 11.1. The molecule has 1 heterocycles. The quantitative estimate of drug-likeness (QED) is 0.809. The van der Waals surface area contributed by atoms with Gasteiger partial charge in [0, 0.05) is 32.7 Å². The van der Waals surface area contributed by atoms with Gasteiger partial charge in [0.2, 0.25) is 0 Å². The number of hydrogen-bond donors (Lipinski definition) is 1. The van der Waals surface area contributed by atoms with E-state index < -0.39 is 0 Å². The van der Waals surface area contributed by atoms with Crippen molar-refractivity contribution >= 4 is 0 Å². The van der Waals surface area contributed by atoms with Crippen LogP contribution in [0.4, 0.5) is 4.39 Å². The van der Waals surface area contributed by atoms with Crippen molar-refractivity contribution in [3.05, 3.63) is 35.1 Å². The summed E-state index contributed by atoms with van der Waals surface area (Å²) in [4.78, 5) is 2.23. The summed E-state index contributed by atoms with van der Waals surface area (Å²) in [6.45, 7) is 4.46. The van der Waals surface area contributed by atoms with E-state index in [1.54, 1.807) is 6.07 Å². The first-order chi connectivity index (χ1) is 7.79. The smallest absolute Gasteiger partial charge is 0.123 e. The molecule has 0 unspecified atom stereocenters. The highest BCUT2D eigenvalue weighted by molar-refractivity contribution is 5.37. The van der Waals surface area contributed by atoms with Crippen LogP contribution < -0.4 is 5.32 Å². The number of nitriles is 1. The van der Waals surface area contributed by atoms with Crippen LogP contribution in [0.2, 0.25) is 0 Å². The summed E-state index contributed by atoms with van der Waals surface area (Å²) in [6, 6.07) is 6.44. The number of halogens is 1. The average molecular weight is 219 g/mol. The van der Waals surface area contributed by atoms with Crippen molar-refractivity contribution < 1.29 is 4.39 Å². The lowest BCUT2D eigenvalue weighted by Crippen LogP contribution is -2.43. The zero-order valence-corrected chi connectivity index (χ0v) is 9.04. The maximum atomic E-state index is 13.1. The third-order valence-electron chi connectivity index (χ3n) is 2.79. The van der Waals surface area contributed by atoms with E-state index in [2.05, 4.69) is 16.3 Å². The normalized spacial score (nSPS) is 17.0. The molecule has 84 valence electrons. The molecule has 0 amide bonds. The second kappa shape index (κ2) is 5.06. The molecule has 0 aromatic heterocycles. The van der Waals surface area contributed by atoms with Crippen molar-refractivity contribution in [3.8, 4) is 6.07 Å². The van der Waals surface area contributed by atoms with Gasteiger partial charge in [0.25, 0.3) is 0 Å². The van der Waals surface area contributed by atoms with Gasteiger partial charge in [0.05, 0.1) is 11.6 Å². The molecule has 4 heteroatoms. The summed E-state index contributed by atoms with van der Waals surface area (Å²) in [5, 5.41) is 12.2. The molecule has 1 aromatic rings. The SMILES string of the molecule is N#Cc1ccc(F)cc1CN1CCNCC1. The Morgan fingerprint density at radius 2 is 2.12 bits per heavy atom. The third kappa shape index (κ3) is 2.57. The number of rotatable bonds is 2. The predicted octanol–water partition coefficient (Wildman–Crippen LogP) is 1.10. The van der Waals surface area contributed by atoms with Gasteiger partial charge in [0.1, 0.15) is 5.82 Å². The zero-order valence-electron chi connectivity index (χ0n) is 9.04. The maximum Gasteiger partial charge on any atom is 0.123 e. The molecule has 1 saturated heterocycles. The molecule has 2 rings (SSSR count). The van der Waals surface area contributed by atoms with Crippen LogP contribution in [-0.2, 0) is 6.54 Å². The minimum absolute atomic E-state index is 0.274. The van der Waals surface area contributed by atoms with Gasteiger partial charge in [-0.05, 0) is 23.8 Å². The largest absolute Gasteiger partial charge is 0.314 e. The van der Waals surface area contributed by atoms with Gasteiger partial charge in [0.15, 0.2) is 0 Å². The van der Waals surface area contributed by atoms with Crippen molar-refractivity contribution in [1.29, 1.82) is 5.26 Å². The first-order valence-electron chi connectivity index (χ1n) is 5.41. The molecule has 1 fully saturated rings. The molecule has 0 aliphatic carbocycles. The number of nitrogens with zero attached hydrogens (tertiary/aromatic N) is 2. The Hall–Kier alpha value is -1.44. The molecule has 0 spiro atoms. The van der Waals surface area contributed by atoms with E-state index in [9.17, 15) is 4.39 Å². The van der Waals surface area contributed by atoms with Gasteiger partial charge in [-0.3, -0.25) is 4.90 Å². The molecule has 0 saturated carbocycles. The summed E-state index contributed by atoms with van der Waals surface area (Å²) in [5.41, 5.74) is 1.35. The van der Waals surface area contributed by atoms with Crippen LogP contribution in [0.15, 0.2) is 18.2 Å². The Kier molecular flexibility index (Phi) is 3.50. The number of benzene rings is 1. The molecule has 3 nitrogen and oxygen atoms in total. The van der Waals surface area contributed by atoms with E-state index >= 15 is 0 Å². The Morgan fingerprint density at radius 1 is 1.38 bits per heavy atom. The highest BCUT2D eigenvalue weighted by atomic mass is 19.1. The lowest BCUT2D eigenvalue weighted by molar-refractivity contribution is 0.233. The van der Waals surface area contributed by atoms with Crippen LogP contribution in [0.25, 0.3) is 0 Å². The molecule has 1 aromatic carbocycles. The molecular weight excluding hydrogens is 205 g/mol. The minimum atomic E-state index is -0.274. The lowest BCUT2D eigenvalue weighted by atomic mass is 10.1. The van der Waals surface area contributed by atoms with E-state index in [1.165, 1.54) is 12.1 Å². The Bertz CT molecular complexity index is 405. The van der Waals surface area contributed by atoms with E-state index in [0.29, 0.717) is 12.1 Å². The number of nitrogens with one attached hydrogen (secondary N) is 1. The summed E-state index contributed by atoms with van der Waals surface area (Å²) >= 11 is 0. The molecule has 0 radical (unpaired) electrons. The van der Waals surface area contributed by atoms with Crippen molar-refractivity contribution in [2.24, 2.45) is 0 Å². The minimum Gasteiger partial charge on any atom is -0.314 e. The summed E-state index contributed by atoms with van der Waals surface area (Å²) in [5.74, 6) is -0.274. The van der Waals surface area contributed by atoms with Crippen molar-refractivity contribution in [3.63, 3.8) is 0 Å². The van der Waals surface area contributed by atoms with Crippen molar-refractivity contribution in [2.45, 2.75) is 6.54 Å². The van der Waals surface area contributed by atoms with E-state index in [-0.39, 0.29) is 5.82 Å².